The number of carbonyl (C=O) groups is 1. The fraction of sp³-hybridized carbons (Fsp3) is 0.632. The van der Waals surface area contributed by atoms with Crippen molar-refractivity contribution in [1.82, 2.24) is 9.80 Å². The number of ether oxygens (including phenoxy) is 1. The molecule has 1 amide bonds. The summed E-state index contributed by atoms with van der Waals surface area (Å²) in [4.78, 5) is 16.6. The Morgan fingerprint density at radius 1 is 1.16 bits per heavy atom. The second-order valence-electron chi connectivity index (χ2n) is 7.11. The van der Waals surface area contributed by atoms with Gasteiger partial charge < -0.3 is 15.4 Å². The zero-order valence-electron chi connectivity index (χ0n) is 14.7. The number of primary amides is 1. The van der Waals surface area contributed by atoms with Crippen molar-refractivity contribution >= 4 is 5.91 Å². The van der Waals surface area contributed by atoms with E-state index in [1.165, 1.54) is 12.1 Å². The largest absolute Gasteiger partial charge is 0.381 e. The summed E-state index contributed by atoms with van der Waals surface area (Å²) in [5.41, 5.74) is 6.77. The lowest BCUT2D eigenvalue weighted by Gasteiger charge is -2.34. The normalized spacial score (nSPS) is 24.1. The highest BCUT2D eigenvalue weighted by molar-refractivity contribution is 5.77. The Kier molecular flexibility index (Phi) is 6.39. The third kappa shape index (κ3) is 5.23. The molecule has 2 aliphatic rings. The van der Waals surface area contributed by atoms with E-state index in [2.05, 4.69) is 9.80 Å². The number of amides is 1. The summed E-state index contributed by atoms with van der Waals surface area (Å²) in [7, 11) is 0. The molecule has 2 heterocycles. The first-order valence-electron chi connectivity index (χ1n) is 9.20. The Bertz CT molecular complexity index is 560. The summed E-state index contributed by atoms with van der Waals surface area (Å²) in [6.07, 6.45) is 2.91. The number of halogens is 1. The molecule has 6 heteroatoms. The highest BCUT2D eigenvalue weighted by Crippen LogP contribution is 2.19. The average molecular weight is 349 g/mol. The number of benzene rings is 1. The van der Waals surface area contributed by atoms with Crippen molar-refractivity contribution in [3.05, 3.63) is 35.6 Å². The Morgan fingerprint density at radius 2 is 1.88 bits per heavy atom. The quantitative estimate of drug-likeness (QED) is 0.870. The van der Waals surface area contributed by atoms with E-state index in [9.17, 15) is 9.18 Å². The molecule has 0 bridgehead atoms. The zero-order chi connectivity index (χ0) is 17.6. The van der Waals surface area contributed by atoms with E-state index in [-0.39, 0.29) is 17.6 Å². The van der Waals surface area contributed by atoms with Gasteiger partial charge in [0.2, 0.25) is 5.91 Å². The molecule has 0 spiro atoms. The van der Waals surface area contributed by atoms with Crippen molar-refractivity contribution in [2.24, 2.45) is 11.7 Å². The van der Waals surface area contributed by atoms with Crippen molar-refractivity contribution in [1.29, 1.82) is 0 Å². The molecule has 1 aromatic carbocycles. The smallest absolute Gasteiger partial charge is 0.223 e. The van der Waals surface area contributed by atoms with E-state index in [1.807, 2.05) is 12.1 Å². The molecule has 1 aromatic rings. The molecule has 0 aliphatic carbocycles. The van der Waals surface area contributed by atoms with E-state index < -0.39 is 0 Å². The number of nitrogens with zero attached hydrogens (tertiary/aromatic N) is 2. The topological polar surface area (TPSA) is 58.8 Å². The van der Waals surface area contributed by atoms with Crippen molar-refractivity contribution in [2.45, 2.75) is 25.3 Å². The molecule has 0 saturated carbocycles. The summed E-state index contributed by atoms with van der Waals surface area (Å²) in [6, 6.07) is 7.14. The van der Waals surface area contributed by atoms with E-state index in [0.717, 1.165) is 64.2 Å². The molecule has 138 valence electrons. The molecule has 1 atom stereocenters. The van der Waals surface area contributed by atoms with Gasteiger partial charge in [0.05, 0.1) is 5.92 Å². The van der Waals surface area contributed by atoms with Crippen LogP contribution in [0, 0.1) is 11.7 Å². The third-order valence-corrected chi connectivity index (χ3v) is 5.38. The molecule has 5 nitrogen and oxygen atoms in total. The number of rotatable bonds is 5. The Balaban J connectivity index is 1.58. The molecule has 2 saturated heterocycles. The van der Waals surface area contributed by atoms with Gasteiger partial charge in [-0.15, -0.1) is 0 Å². The van der Waals surface area contributed by atoms with Crippen LogP contribution in [0.5, 0.6) is 0 Å². The first-order valence-corrected chi connectivity index (χ1v) is 9.20. The predicted molar refractivity (Wildman–Crippen MR) is 94.6 cm³/mol. The molecule has 25 heavy (non-hydrogen) atoms. The van der Waals surface area contributed by atoms with E-state index in [4.69, 9.17) is 10.5 Å². The van der Waals surface area contributed by atoms with Crippen LogP contribution in [0.1, 0.15) is 18.4 Å². The van der Waals surface area contributed by atoms with Crippen LogP contribution in [0.4, 0.5) is 4.39 Å². The van der Waals surface area contributed by atoms with Crippen LogP contribution < -0.4 is 5.73 Å². The summed E-state index contributed by atoms with van der Waals surface area (Å²) < 4.78 is 18.5. The average Bonchev–Trinajstić information content (AvgIpc) is 2.85. The van der Waals surface area contributed by atoms with Crippen molar-refractivity contribution in [2.75, 3.05) is 45.9 Å². The third-order valence-electron chi connectivity index (χ3n) is 5.38. The summed E-state index contributed by atoms with van der Waals surface area (Å²) in [6.45, 7) is 5.80. The first-order chi connectivity index (χ1) is 12.1. The predicted octanol–water partition coefficient (Wildman–Crippen LogP) is 1.27. The SMILES string of the molecule is NC(=O)[C@@H]1CN(CCc2ccc(F)cc2)CCN(C2CCOCC2)C1. The molecular formula is C19H28FN3O2. The molecule has 0 radical (unpaired) electrons. The Hall–Kier alpha value is -1.50. The van der Waals surface area contributed by atoms with E-state index in [1.54, 1.807) is 0 Å². The molecule has 0 aromatic heterocycles. The van der Waals surface area contributed by atoms with Crippen LogP contribution in [0.15, 0.2) is 24.3 Å². The lowest BCUT2D eigenvalue weighted by Crippen LogP contribution is -2.44. The number of hydrogen-bond acceptors (Lipinski definition) is 4. The minimum atomic E-state index is -0.217. The highest BCUT2D eigenvalue weighted by atomic mass is 19.1. The van der Waals surface area contributed by atoms with Gasteiger partial charge in [-0.25, -0.2) is 4.39 Å². The second-order valence-corrected chi connectivity index (χ2v) is 7.11. The van der Waals surface area contributed by atoms with Crippen LogP contribution in [-0.4, -0.2) is 67.7 Å². The molecule has 2 N–H and O–H groups in total. The van der Waals surface area contributed by atoms with Gasteiger partial charge >= 0.3 is 0 Å². The van der Waals surface area contributed by atoms with Crippen LogP contribution >= 0.6 is 0 Å². The van der Waals surface area contributed by atoms with Crippen LogP contribution in [0.2, 0.25) is 0 Å². The summed E-state index contributed by atoms with van der Waals surface area (Å²) in [5, 5.41) is 0. The molecule has 2 aliphatic heterocycles. The number of nitrogens with two attached hydrogens (primary N) is 1. The van der Waals surface area contributed by atoms with Gasteiger partial charge in [-0.1, -0.05) is 12.1 Å². The van der Waals surface area contributed by atoms with Gasteiger partial charge in [0, 0.05) is 52.0 Å². The van der Waals surface area contributed by atoms with Gasteiger partial charge in [-0.3, -0.25) is 9.69 Å². The van der Waals surface area contributed by atoms with Crippen LogP contribution in [0.25, 0.3) is 0 Å². The standard InChI is InChI=1S/C19H28FN3O2/c20-17-3-1-15(2-4-17)5-8-22-9-10-23(14-16(13-22)19(21)24)18-6-11-25-12-7-18/h1-4,16,18H,5-14H2,(H2,21,24)/t16-/m1/s1. The van der Waals surface area contributed by atoms with Gasteiger partial charge in [-0.2, -0.15) is 0 Å². The lowest BCUT2D eigenvalue weighted by atomic mass is 10.0. The first kappa shape index (κ1) is 18.3. The maximum absolute atomic E-state index is 13.0. The van der Waals surface area contributed by atoms with Gasteiger partial charge in [0.1, 0.15) is 5.82 Å². The van der Waals surface area contributed by atoms with Gasteiger partial charge in [0.15, 0.2) is 0 Å². The maximum atomic E-state index is 13.0. The maximum Gasteiger partial charge on any atom is 0.223 e. The fourth-order valence-corrected chi connectivity index (χ4v) is 3.81. The van der Waals surface area contributed by atoms with Crippen molar-refractivity contribution in [3.8, 4) is 0 Å². The van der Waals surface area contributed by atoms with Gasteiger partial charge in [-0.05, 0) is 37.0 Å². The highest BCUT2D eigenvalue weighted by Gasteiger charge is 2.30. The fourth-order valence-electron chi connectivity index (χ4n) is 3.81. The molecule has 0 unspecified atom stereocenters. The van der Waals surface area contributed by atoms with Crippen LogP contribution in [0.3, 0.4) is 0 Å². The number of carbonyl (C=O) groups excluding carboxylic acids is 1. The van der Waals surface area contributed by atoms with Crippen molar-refractivity contribution in [3.63, 3.8) is 0 Å². The molecular weight excluding hydrogens is 321 g/mol. The minimum Gasteiger partial charge on any atom is -0.381 e. The van der Waals surface area contributed by atoms with Crippen LogP contribution in [-0.2, 0) is 16.0 Å². The van der Waals surface area contributed by atoms with Gasteiger partial charge in [0.25, 0.3) is 0 Å². The van der Waals surface area contributed by atoms with E-state index in [0.29, 0.717) is 12.6 Å². The Morgan fingerprint density at radius 3 is 2.56 bits per heavy atom. The van der Waals surface area contributed by atoms with E-state index >= 15 is 0 Å². The Labute approximate surface area is 148 Å². The lowest BCUT2D eigenvalue weighted by molar-refractivity contribution is -0.122. The molecule has 2 fully saturated rings. The molecule has 3 rings (SSSR count). The second kappa shape index (κ2) is 8.74. The monoisotopic (exact) mass is 349 g/mol. The minimum absolute atomic E-state index is 0.140. The zero-order valence-corrected chi connectivity index (χ0v) is 14.7. The summed E-state index contributed by atoms with van der Waals surface area (Å²) >= 11 is 0. The summed E-state index contributed by atoms with van der Waals surface area (Å²) in [5.74, 6) is -0.566. The number of hydrogen-bond donors (Lipinski definition) is 1. The van der Waals surface area contributed by atoms with Crippen molar-refractivity contribution < 1.29 is 13.9 Å².